The molecule has 0 saturated carbocycles. The zero-order valence-electron chi connectivity index (χ0n) is 43.1. The second kappa shape index (κ2) is 53.5. The van der Waals surface area contributed by atoms with Crippen LogP contribution in [0, 0.1) is 0 Å². The number of rotatable bonds is 52. The normalized spacial score (nSPS) is 12.1. The fourth-order valence-corrected chi connectivity index (χ4v) is 8.40. The summed E-state index contributed by atoms with van der Waals surface area (Å²) in [4.78, 5) is 37.9. The zero-order chi connectivity index (χ0) is 46.5. The first kappa shape index (κ1) is 61.9. The van der Waals surface area contributed by atoms with Crippen molar-refractivity contribution in [1.29, 1.82) is 0 Å². The minimum atomic E-state index is -0.772. The van der Waals surface area contributed by atoms with Crippen molar-refractivity contribution >= 4 is 17.9 Å². The minimum Gasteiger partial charge on any atom is -0.462 e. The summed E-state index contributed by atoms with van der Waals surface area (Å²) in [6.07, 6.45) is 61.9. The fraction of sp³-hybridized carbons (Fsp3) is 0.879. The Labute approximate surface area is 398 Å². The Bertz CT molecular complexity index is 1040. The van der Waals surface area contributed by atoms with E-state index in [0.29, 0.717) is 19.3 Å². The van der Waals surface area contributed by atoms with Crippen molar-refractivity contribution in [1.82, 2.24) is 0 Å². The summed E-state index contributed by atoms with van der Waals surface area (Å²) in [7, 11) is 0. The lowest BCUT2D eigenvalue weighted by atomic mass is 10.0. The number of allylic oxidation sites excluding steroid dienone is 4. The lowest BCUT2D eigenvalue weighted by Crippen LogP contribution is -2.30. The van der Waals surface area contributed by atoms with Crippen LogP contribution in [0.2, 0.25) is 0 Å². The Hall–Kier alpha value is -2.11. The molecule has 6 nitrogen and oxygen atoms in total. The molecule has 0 saturated heterocycles. The summed E-state index contributed by atoms with van der Waals surface area (Å²) in [5.74, 6) is -0.875. The van der Waals surface area contributed by atoms with Gasteiger partial charge >= 0.3 is 17.9 Å². The average Bonchev–Trinajstić information content (AvgIpc) is 3.29. The Morgan fingerprint density at radius 2 is 0.578 bits per heavy atom. The van der Waals surface area contributed by atoms with Crippen LogP contribution >= 0.6 is 0 Å². The first-order valence-corrected chi connectivity index (χ1v) is 28.3. The van der Waals surface area contributed by atoms with Gasteiger partial charge in [-0.1, -0.05) is 270 Å². The summed E-state index contributed by atoms with van der Waals surface area (Å²) < 4.78 is 16.8. The largest absolute Gasteiger partial charge is 0.462 e. The molecule has 0 aromatic heterocycles. The van der Waals surface area contributed by atoms with Gasteiger partial charge in [-0.3, -0.25) is 14.4 Å². The van der Waals surface area contributed by atoms with Gasteiger partial charge in [0.05, 0.1) is 0 Å². The van der Waals surface area contributed by atoms with Crippen molar-refractivity contribution in [3.05, 3.63) is 24.3 Å². The van der Waals surface area contributed by atoms with E-state index in [0.717, 1.165) is 83.5 Å². The van der Waals surface area contributed by atoms with E-state index < -0.39 is 6.10 Å². The predicted octanol–water partition coefficient (Wildman–Crippen LogP) is 18.7. The second-order valence-corrected chi connectivity index (χ2v) is 19.2. The Kier molecular flexibility index (Phi) is 51.7. The summed E-state index contributed by atoms with van der Waals surface area (Å²) in [6.45, 7) is 6.60. The summed E-state index contributed by atoms with van der Waals surface area (Å²) in [5.41, 5.74) is 0. The summed E-state index contributed by atoms with van der Waals surface area (Å²) in [6, 6.07) is 0. The first-order chi connectivity index (χ1) is 31.5. The Morgan fingerprint density at radius 1 is 0.312 bits per heavy atom. The van der Waals surface area contributed by atoms with Crippen molar-refractivity contribution in [3.8, 4) is 0 Å². The SMILES string of the molecule is CCCC/C=C\C/C=C\CCCCCCCC(=O)OC(COC(=O)CCCCCCCCCC)COC(=O)CCCCCCCCCCCCCCCCCCCCCCCCCC. The van der Waals surface area contributed by atoms with Crippen LogP contribution in [0.1, 0.15) is 310 Å². The van der Waals surface area contributed by atoms with Crippen LogP contribution < -0.4 is 0 Å². The molecule has 376 valence electrons. The molecule has 0 amide bonds. The smallest absolute Gasteiger partial charge is 0.306 e. The number of unbranched alkanes of at least 4 members (excludes halogenated alkanes) is 37. The first-order valence-electron chi connectivity index (χ1n) is 28.3. The molecule has 0 aromatic carbocycles. The lowest BCUT2D eigenvalue weighted by Gasteiger charge is -2.18. The van der Waals surface area contributed by atoms with Gasteiger partial charge in [0.1, 0.15) is 13.2 Å². The van der Waals surface area contributed by atoms with Gasteiger partial charge in [0, 0.05) is 19.3 Å². The summed E-state index contributed by atoms with van der Waals surface area (Å²) in [5, 5.41) is 0. The van der Waals surface area contributed by atoms with Crippen molar-refractivity contribution in [2.24, 2.45) is 0 Å². The highest BCUT2D eigenvalue weighted by Gasteiger charge is 2.19. The third-order valence-corrected chi connectivity index (χ3v) is 12.7. The molecule has 0 radical (unpaired) electrons. The van der Waals surface area contributed by atoms with Crippen molar-refractivity contribution in [2.75, 3.05) is 13.2 Å². The number of esters is 3. The van der Waals surface area contributed by atoms with E-state index >= 15 is 0 Å². The van der Waals surface area contributed by atoms with Gasteiger partial charge in [-0.25, -0.2) is 0 Å². The molecule has 0 rings (SSSR count). The molecule has 0 aromatic rings. The molecule has 6 heteroatoms. The van der Waals surface area contributed by atoms with E-state index in [1.165, 1.54) is 186 Å². The third-order valence-electron chi connectivity index (χ3n) is 12.7. The van der Waals surface area contributed by atoms with E-state index in [1.54, 1.807) is 0 Å². The molecule has 0 aliphatic heterocycles. The van der Waals surface area contributed by atoms with Gasteiger partial charge in [-0.05, 0) is 44.9 Å². The van der Waals surface area contributed by atoms with Crippen LogP contribution in [0.25, 0.3) is 0 Å². The van der Waals surface area contributed by atoms with E-state index in [-0.39, 0.29) is 31.1 Å². The monoisotopic (exact) mass is 901 g/mol. The van der Waals surface area contributed by atoms with Crippen LogP contribution in [0.4, 0.5) is 0 Å². The standard InChI is InChI=1S/C58H108O6/c1-4-7-10-13-16-19-21-23-25-26-27-28-29-30-31-32-33-34-36-37-39-42-45-48-51-57(60)63-54-55(53-62-56(59)50-47-44-41-18-15-12-9-6-3)64-58(61)52-49-46-43-40-38-35-24-22-20-17-14-11-8-5-2/h14,17,22,24,55H,4-13,15-16,18-21,23,25-54H2,1-3H3/b17-14-,24-22-. The van der Waals surface area contributed by atoms with E-state index in [4.69, 9.17) is 14.2 Å². The van der Waals surface area contributed by atoms with Gasteiger partial charge in [-0.15, -0.1) is 0 Å². The van der Waals surface area contributed by atoms with Crippen LogP contribution in [-0.2, 0) is 28.6 Å². The molecule has 0 aliphatic rings. The highest BCUT2D eigenvalue weighted by molar-refractivity contribution is 5.71. The Balaban J connectivity index is 4.13. The maximum absolute atomic E-state index is 12.8. The van der Waals surface area contributed by atoms with Gasteiger partial charge in [0.25, 0.3) is 0 Å². The zero-order valence-corrected chi connectivity index (χ0v) is 43.1. The van der Waals surface area contributed by atoms with Gasteiger partial charge in [-0.2, -0.15) is 0 Å². The number of ether oxygens (including phenoxy) is 3. The van der Waals surface area contributed by atoms with Crippen molar-refractivity contribution < 1.29 is 28.6 Å². The van der Waals surface area contributed by atoms with E-state index in [9.17, 15) is 14.4 Å². The second-order valence-electron chi connectivity index (χ2n) is 19.2. The predicted molar refractivity (Wildman–Crippen MR) is 275 cm³/mol. The lowest BCUT2D eigenvalue weighted by molar-refractivity contribution is -0.167. The topological polar surface area (TPSA) is 78.9 Å². The number of carbonyl (C=O) groups excluding carboxylic acids is 3. The summed E-state index contributed by atoms with van der Waals surface area (Å²) >= 11 is 0. The fourth-order valence-electron chi connectivity index (χ4n) is 8.40. The molecule has 0 N–H and O–H groups in total. The van der Waals surface area contributed by atoms with Crippen LogP contribution in [0.5, 0.6) is 0 Å². The maximum atomic E-state index is 12.8. The molecular weight excluding hydrogens is 793 g/mol. The van der Waals surface area contributed by atoms with Gasteiger partial charge in [0.2, 0.25) is 0 Å². The number of hydrogen-bond acceptors (Lipinski definition) is 6. The van der Waals surface area contributed by atoms with Crippen LogP contribution in [-0.4, -0.2) is 37.2 Å². The molecule has 0 aliphatic carbocycles. The molecular formula is C58H108O6. The molecule has 64 heavy (non-hydrogen) atoms. The molecule has 0 heterocycles. The molecule has 1 unspecified atom stereocenters. The highest BCUT2D eigenvalue weighted by atomic mass is 16.6. The third kappa shape index (κ3) is 50.9. The number of hydrogen-bond donors (Lipinski definition) is 0. The highest BCUT2D eigenvalue weighted by Crippen LogP contribution is 2.17. The van der Waals surface area contributed by atoms with Gasteiger partial charge in [0.15, 0.2) is 6.10 Å². The molecule has 0 spiro atoms. The average molecular weight is 901 g/mol. The van der Waals surface area contributed by atoms with Crippen LogP contribution in [0.15, 0.2) is 24.3 Å². The molecule has 0 bridgehead atoms. The molecule has 0 fully saturated rings. The minimum absolute atomic E-state index is 0.0724. The van der Waals surface area contributed by atoms with E-state index in [2.05, 4.69) is 45.1 Å². The van der Waals surface area contributed by atoms with Crippen molar-refractivity contribution in [3.63, 3.8) is 0 Å². The molecule has 1 atom stereocenters. The quantitative estimate of drug-likeness (QED) is 0.0262. The van der Waals surface area contributed by atoms with Gasteiger partial charge < -0.3 is 14.2 Å². The number of carbonyl (C=O) groups is 3. The van der Waals surface area contributed by atoms with Crippen molar-refractivity contribution in [2.45, 2.75) is 316 Å². The van der Waals surface area contributed by atoms with E-state index in [1.807, 2.05) is 0 Å². The maximum Gasteiger partial charge on any atom is 0.306 e. The van der Waals surface area contributed by atoms with Crippen LogP contribution in [0.3, 0.4) is 0 Å². The Morgan fingerprint density at radius 3 is 0.906 bits per heavy atom.